The summed E-state index contributed by atoms with van der Waals surface area (Å²) in [6.07, 6.45) is -3.53. The number of anilines is 1. The Kier molecular flexibility index (Phi) is 10.0. The van der Waals surface area contributed by atoms with E-state index in [1.807, 2.05) is 12.1 Å². The first-order valence-corrected chi connectivity index (χ1v) is 14.8. The zero-order chi connectivity index (χ0) is 31.2. The average molecular weight is 651 g/mol. The molecular weight excluding hydrogens is 626 g/mol. The summed E-state index contributed by atoms with van der Waals surface area (Å²) < 4.78 is 73.9. The lowest BCUT2D eigenvalue weighted by molar-refractivity contribution is -0.137. The van der Waals surface area contributed by atoms with Crippen molar-refractivity contribution >= 4 is 51.0 Å². The number of carbonyl (C=O) groups is 1. The van der Waals surface area contributed by atoms with E-state index in [1.54, 1.807) is 43.3 Å². The maximum atomic E-state index is 13.5. The Morgan fingerprint density at radius 3 is 2.33 bits per heavy atom. The first kappa shape index (κ1) is 31.9. The molecule has 224 valence electrons. The summed E-state index contributed by atoms with van der Waals surface area (Å²) in [6, 6.07) is 22.3. The molecule has 0 saturated heterocycles. The normalized spacial score (nSPS) is 11.9. The first-order chi connectivity index (χ1) is 20.3. The van der Waals surface area contributed by atoms with Crippen molar-refractivity contribution in [1.29, 1.82) is 0 Å². The lowest BCUT2D eigenvalue weighted by atomic mass is 10.2. The fourth-order valence-electron chi connectivity index (χ4n) is 3.83. The van der Waals surface area contributed by atoms with E-state index >= 15 is 0 Å². The fraction of sp³-hybridized carbons (Fsp3) is 0.133. The van der Waals surface area contributed by atoms with Crippen LogP contribution < -0.4 is 14.5 Å². The first-order valence-electron chi connectivity index (χ1n) is 12.6. The van der Waals surface area contributed by atoms with Crippen LogP contribution in [-0.2, 0) is 27.6 Å². The van der Waals surface area contributed by atoms with Crippen LogP contribution in [0.3, 0.4) is 0 Å². The Morgan fingerprint density at radius 2 is 1.67 bits per heavy atom. The van der Waals surface area contributed by atoms with Gasteiger partial charge in [-0.05, 0) is 84.8 Å². The molecule has 0 spiro atoms. The van der Waals surface area contributed by atoms with Crippen molar-refractivity contribution < 1.29 is 31.1 Å². The molecule has 7 nitrogen and oxygen atoms in total. The Balaban J connectivity index is 1.48. The van der Waals surface area contributed by atoms with Gasteiger partial charge in [-0.15, -0.1) is 0 Å². The van der Waals surface area contributed by atoms with Gasteiger partial charge in [0.25, 0.3) is 15.9 Å². The van der Waals surface area contributed by atoms with E-state index in [0.717, 1.165) is 23.3 Å². The molecule has 4 aromatic rings. The zero-order valence-electron chi connectivity index (χ0n) is 22.5. The highest BCUT2D eigenvalue weighted by molar-refractivity contribution is 7.92. The third kappa shape index (κ3) is 8.50. The van der Waals surface area contributed by atoms with Crippen LogP contribution in [0, 0.1) is 6.92 Å². The maximum absolute atomic E-state index is 13.5. The number of hydrazone groups is 1. The minimum Gasteiger partial charge on any atom is -0.489 e. The largest absolute Gasteiger partial charge is 0.489 e. The Bertz CT molecular complexity index is 1730. The van der Waals surface area contributed by atoms with Gasteiger partial charge in [-0.3, -0.25) is 9.10 Å². The lowest BCUT2D eigenvalue weighted by Crippen LogP contribution is -2.39. The van der Waals surface area contributed by atoms with Gasteiger partial charge in [-0.1, -0.05) is 53.0 Å². The summed E-state index contributed by atoms with van der Waals surface area (Å²) in [7, 11) is -4.46. The zero-order valence-corrected chi connectivity index (χ0v) is 24.8. The molecule has 1 amide bonds. The maximum Gasteiger partial charge on any atom is 0.417 e. The number of hydrogen-bond acceptors (Lipinski definition) is 5. The van der Waals surface area contributed by atoms with Crippen LogP contribution in [0.5, 0.6) is 5.75 Å². The quantitative estimate of drug-likeness (QED) is 0.145. The summed E-state index contributed by atoms with van der Waals surface area (Å²) >= 11 is 11.7. The predicted octanol–water partition coefficient (Wildman–Crippen LogP) is 7.25. The van der Waals surface area contributed by atoms with Crippen molar-refractivity contribution in [2.24, 2.45) is 5.10 Å². The van der Waals surface area contributed by atoms with Crippen LogP contribution in [0.25, 0.3) is 0 Å². The predicted molar refractivity (Wildman–Crippen MR) is 160 cm³/mol. The van der Waals surface area contributed by atoms with Gasteiger partial charge in [0.15, 0.2) is 0 Å². The van der Waals surface area contributed by atoms with E-state index in [4.69, 9.17) is 27.9 Å². The second kappa shape index (κ2) is 13.5. The standard InChI is InChI=1S/C30H24Cl2F3N3O4S/c1-20-5-12-26(13-6-20)43(40,41)38(24-9-14-28(32)27(16-24)30(33,34)35)18-29(39)37-36-17-21-7-10-25(11-8-21)42-19-22-3-2-4-23(31)15-22/h2-17H,18-19H2,1H3,(H,37,39)/b36-17-. The van der Waals surface area contributed by atoms with Gasteiger partial charge in [-0.25, -0.2) is 13.8 Å². The van der Waals surface area contributed by atoms with Gasteiger partial charge in [0.05, 0.1) is 27.4 Å². The third-order valence-corrected chi connectivity index (χ3v) is 8.37. The van der Waals surface area contributed by atoms with Gasteiger partial charge in [0.1, 0.15) is 18.9 Å². The van der Waals surface area contributed by atoms with Crippen molar-refractivity contribution in [2.75, 3.05) is 10.8 Å². The number of alkyl halides is 3. The number of ether oxygens (including phenoxy) is 1. The second-order valence-corrected chi connectivity index (χ2v) is 12.0. The Morgan fingerprint density at radius 1 is 0.977 bits per heavy atom. The average Bonchev–Trinajstić information content (AvgIpc) is 2.95. The number of carbonyl (C=O) groups excluding carboxylic acids is 1. The molecule has 4 rings (SSSR count). The van der Waals surface area contributed by atoms with E-state index in [-0.39, 0.29) is 4.90 Å². The van der Waals surface area contributed by atoms with Crippen LogP contribution in [-0.4, -0.2) is 27.1 Å². The van der Waals surface area contributed by atoms with E-state index in [1.165, 1.54) is 30.5 Å². The van der Waals surface area contributed by atoms with Crippen LogP contribution in [0.1, 0.15) is 22.3 Å². The van der Waals surface area contributed by atoms with Crippen molar-refractivity contribution in [2.45, 2.75) is 24.6 Å². The number of halogens is 5. The molecule has 4 aromatic carbocycles. The molecule has 0 unspecified atom stereocenters. The number of aryl methyl sites for hydroxylation is 1. The van der Waals surface area contributed by atoms with Crippen molar-refractivity contribution in [1.82, 2.24) is 5.43 Å². The summed E-state index contributed by atoms with van der Waals surface area (Å²) in [5, 5.41) is 3.85. The van der Waals surface area contributed by atoms with Crippen molar-refractivity contribution in [3.63, 3.8) is 0 Å². The van der Waals surface area contributed by atoms with E-state index in [2.05, 4.69) is 10.5 Å². The van der Waals surface area contributed by atoms with E-state index in [0.29, 0.717) is 33.3 Å². The summed E-state index contributed by atoms with van der Waals surface area (Å²) in [5.41, 5.74) is 2.83. The number of sulfonamides is 1. The SMILES string of the molecule is Cc1ccc(S(=O)(=O)N(CC(=O)N/N=C\c2ccc(OCc3cccc(Cl)c3)cc2)c2ccc(Cl)c(C(F)(F)F)c2)cc1. The second-order valence-electron chi connectivity index (χ2n) is 9.27. The summed E-state index contributed by atoms with van der Waals surface area (Å²) in [5.74, 6) is -0.309. The van der Waals surface area contributed by atoms with Crippen molar-refractivity contribution in [3.8, 4) is 5.75 Å². The molecule has 43 heavy (non-hydrogen) atoms. The molecule has 0 saturated carbocycles. The Hall–Kier alpha value is -4.06. The minimum absolute atomic E-state index is 0.212. The van der Waals surface area contributed by atoms with Crippen LogP contribution in [0.2, 0.25) is 10.0 Å². The van der Waals surface area contributed by atoms with Gasteiger partial charge in [0.2, 0.25) is 0 Å². The molecule has 0 bridgehead atoms. The fourth-order valence-corrected chi connectivity index (χ4v) is 5.68. The highest BCUT2D eigenvalue weighted by atomic mass is 35.5. The van der Waals surface area contributed by atoms with Gasteiger partial charge >= 0.3 is 6.18 Å². The monoisotopic (exact) mass is 649 g/mol. The molecule has 1 N–H and O–H groups in total. The highest BCUT2D eigenvalue weighted by Gasteiger charge is 2.35. The lowest BCUT2D eigenvalue weighted by Gasteiger charge is -2.25. The summed E-state index contributed by atoms with van der Waals surface area (Å²) in [6.45, 7) is 1.20. The number of nitrogens with one attached hydrogen (secondary N) is 1. The molecule has 0 heterocycles. The molecule has 0 radical (unpaired) electrons. The number of hydrogen-bond donors (Lipinski definition) is 1. The molecule has 13 heteroatoms. The number of benzene rings is 4. The Labute approximate surface area is 256 Å². The highest BCUT2D eigenvalue weighted by Crippen LogP contribution is 2.38. The number of rotatable bonds is 10. The molecule has 0 aromatic heterocycles. The topological polar surface area (TPSA) is 88.1 Å². The van der Waals surface area contributed by atoms with Gasteiger partial charge in [-0.2, -0.15) is 18.3 Å². The number of nitrogens with zero attached hydrogens (tertiary/aromatic N) is 2. The van der Waals surface area contributed by atoms with Crippen LogP contribution in [0.4, 0.5) is 18.9 Å². The molecule has 0 fully saturated rings. The minimum atomic E-state index is -4.85. The molecular formula is C30H24Cl2F3N3O4S. The van der Waals surface area contributed by atoms with Gasteiger partial charge in [0, 0.05) is 5.02 Å². The van der Waals surface area contributed by atoms with Crippen LogP contribution >= 0.6 is 23.2 Å². The smallest absolute Gasteiger partial charge is 0.417 e. The van der Waals surface area contributed by atoms with E-state index in [9.17, 15) is 26.4 Å². The van der Waals surface area contributed by atoms with Crippen molar-refractivity contribution in [3.05, 3.63) is 123 Å². The van der Waals surface area contributed by atoms with Gasteiger partial charge < -0.3 is 4.74 Å². The van der Waals surface area contributed by atoms with Crippen LogP contribution in [0.15, 0.2) is 101 Å². The molecule has 0 aliphatic heterocycles. The van der Waals surface area contributed by atoms with E-state index < -0.39 is 44.9 Å². The molecule has 0 aliphatic carbocycles. The molecule has 0 atom stereocenters. The summed E-state index contributed by atoms with van der Waals surface area (Å²) in [4.78, 5) is 12.6. The number of amides is 1. The third-order valence-electron chi connectivity index (χ3n) is 6.02. The molecule has 0 aliphatic rings.